The Morgan fingerprint density at radius 2 is 1.91 bits per heavy atom. The molecular formula is C24H24ClF3N4O3. The summed E-state index contributed by atoms with van der Waals surface area (Å²) in [6.45, 7) is 0.376. The Kier molecular flexibility index (Phi) is 8.39. The Hall–Kier alpha value is -3.53. The number of hydrogen-bond acceptors (Lipinski definition) is 5. The van der Waals surface area contributed by atoms with Crippen LogP contribution in [-0.2, 0) is 9.59 Å². The van der Waals surface area contributed by atoms with Gasteiger partial charge in [0.25, 0.3) is 5.91 Å². The SMILES string of the molecule is CN/C=C(\C=N)C(=O)N1CCCCC1C(=O)Nc1ccc(-c2ccccc2OC(F)(F)F)c(Cl)c1. The van der Waals surface area contributed by atoms with E-state index in [2.05, 4.69) is 15.4 Å². The van der Waals surface area contributed by atoms with E-state index in [9.17, 15) is 22.8 Å². The number of amides is 2. The standard InChI is InChI=1S/C24H24ClF3N4O3/c1-30-14-15(13-29)23(34)32-11-5-4-7-20(32)22(33)31-16-9-10-17(19(25)12-16)18-6-2-3-8-21(18)35-24(26,27)28/h2-3,6,8-10,12-14,20,29-30H,4-5,7,11H2,1H3,(H,31,33)/b15-14+,29-13?. The lowest BCUT2D eigenvalue weighted by atomic mass is 10.00. The van der Waals surface area contributed by atoms with Crippen molar-refractivity contribution in [3.05, 3.63) is 59.3 Å². The second kappa shape index (κ2) is 11.3. The van der Waals surface area contributed by atoms with E-state index < -0.39 is 30.0 Å². The monoisotopic (exact) mass is 508 g/mol. The number of anilines is 1. The molecule has 1 atom stereocenters. The number of benzene rings is 2. The van der Waals surface area contributed by atoms with E-state index in [4.69, 9.17) is 17.0 Å². The summed E-state index contributed by atoms with van der Waals surface area (Å²) in [6, 6.07) is 9.31. The molecule has 0 bridgehead atoms. The molecule has 3 rings (SSSR count). The molecule has 3 N–H and O–H groups in total. The van der Waals surface area contributed by atoms with Gasteiger partial charge >= 0.3 is 6.36 Å². The first-order chi connectivity index (χ1) is 16.6. The van der Waals surface area contributed by atoms with Gasteiger partial charge in [0.1, 0.15) is 11.8 Å². The molecule has 0 aromatic heterocycles. The molecule has 1 unspecified atom stereocenters. The van der Waals surface area contributed by atoms with Crippen LogP contribution in [0.25, 0.3) is 11.1 Å². The zero-order valence-corrected chi connectivity index (χ0v) is 19.5. The number of ether oxygens (including phenoxy) is 1. The highest BCUT2D eigenvalue weighted by Gasteiger charge is 2.34. The first-order valence-electron chi connectivity index (χ1n) is 10.8. The average Bonchev–Trinajstić information content (AvgIpc) is 2.82. The van der Waals surface area contributed by atoms with Crippen LogP contribution in [0.4, 0.5) is 18.9 Å². The maximum absolute atomic E-state index is 13.0. The number of carbonyl (C=O) groups excluding carboxylic acids is 2. The van der Waals surface area contributed by atoms with Crippen LogP contribution < -0.4 is 15.4 Å². The molecule has 0 spiro atoms. The normalized spacial score (nSPS) is 16.4. The zero-order valence-electron chi connectivity index (χ0n) is 18.8. The van der Waals surface area contributed by atoms with Crippen LogP contribution in [0.15, 0.2) is 54.2 Å². The number of carbonyl (C=O) groups is 2. The fraction of sp³-hybridized carbons (Fsp3) is 0.292. The van der Waals surface area contributed by atoms with Crippen molar-refractivity contribution >= 4 is 35.3 Å². The average molecular weight is 509 g/mol. The van der Waals surface area contributed by atoms with Crippen LogP contribution in [-0.4, -0.2) is 48.9 Å². The number of alkyl halides is 3. The van der Waals surface area contributed by atoms with Gasteiger partial charge in [-0.1, -0.05) is 35.9 Å². The summed E-state index contributed by atoms with van der Waals surface area (Å²) in [7, 11) is 1.61. The van der Waals surface area contributed by atoms with Crippen molar-refractivity contribution in [3.63, 3.8) is 0 Å². The van der Waals surface area contributed by atoms with Crippen molar-refractivity contribution in [1.82, 2.24) is 10.2 Å². The number of para-hydroxylation sites is 1. The minimum Gasteiger partial charge on any atom is -0.405 e. The van der Waals surface area contributed by atoms with E-state index in [0.29, 0.717) is 24.2 Å². The van der Waals surface area contributed by atoms with E-state index in [-0.39, 0.29) is 16.2 Å². The van der Waals surface area contributed by atoms with E-state index in [1.54, 1.807) is 13.1 Å². The van der Waals surface area contributed by atoms with Crippen LogP contribution in [0.3, 0.4) is 0 Å². The molecule has 11 heteroatoms. The van der Waals surface area contributed by atoms with E-state index in [0.717, 1.165) is 19.1 Å². The smallest absolute Gasteiger partial charge is 0.405 e. The van der Waals surface area contributed by atoms with E-state index in [1.165, 1.54) is 47.5 Å². The first kappa shape index (κ1) is 26.1. The minimum atomic E-state index is -4.86. The molecule has 2 amide bonds. The molecular weight excluding hydrogens is 485 g/mol. The highest BCUT2D eigenvalue weighted by atomic mass is 35.5. The Morgan fingerprint density at radius 1 is 1.17 bits per heavy atom. The molecule has 35 heavy (non-hydrogen) atoms. The maximum Gasteiger partial charge on any atom is 0.573 e. The van der Waals surface area contributed by atoms with Gasteiger partial charge in [-0.15, -0.1) is 13.2 Å². The third-order valence-electron chi connectivity index (χ3n) is 5.41. The molecule has 1 heterocycles. The molecule has 1 saturated heterocycles. The first-order valence-corrected chi connectivity index (χ1v) is 11.2. The van der Waals surface area contributed by atoms with Gasteiger partial charge in [0, 0.05) is 42.8 Å². The van der Waals surface area contributed by atoms with Gasteiger partial charge in [0.05, 0.1) is 10.6 Å². The highest BCUT2D eigenvalue weighted by Crippen LogP contribution is 2.38. The van der Waals surface area contributed by atoms with Crippen molar-refractivity contribution in [1.29, 1.82) is 5.41 Å². The molecule has 7 nitrogen and oxygen atoms in total. The number of rotatable bonds is 7. The lowest BCUT2D eigenvalue weighted by Gasteiger charge is -2.34. The number of nitrogens with one attached hydrogen (secondary N) is 3. The minimum absolute atomic E-state index is 0.112. The fourth-order valence-electron chi connectivity index (χ4n) is 3.87. The van der Waals surface area contributed by atoms with Crippen molar-refractivity contribution in [2.75, 3.05) is 18.9 Å². The largest absolute Gasteiger partial charge is 0.573 e. The van der Waals surface area contributed by atoms with Crippen LogP contribution in [0.2, 0.25) is 5.02 Å². The number of halogens is 4. The highest BCUT2D eigenvalue weighted by molar-refractivity contribution is 6.33. The second-order valence-corrected chi connectivity index (χ2v) is 8.18. The molecule has 0 radical (unpaired) electrons. The fourth-order valence-corrected chi connectivity index (χ4v) is 4.16. The second-order valence-electron chi connectivity index (χ2n) is 7.77. The van der Waals surface area contributed by atoms with Crippen molar-refractivity contribution in [3.8, 4) is 16.9 Å². The molecule has 0 saturated carbocycles. The van der Waals surface area contributed by atoms with Gasteiger partial charge in [-0.2, -0.15) is 0 Å². The molecule has 0 aliphatic carbocycles. The zero-order chi connectivity index (χ0) is 25.6. The summed E-state index contributed by atoms with van der Waals surface area (Å²) in [5, 5.41) is 13.0. The summed E-state index contributed by atoms with van der Waals surface area (Å²) < 4.78 is 42.4. The molecule has 2 aromatic rings. The van der Waals surface area contributed by atoms with Crippen LogP contribution in [0.1, 0.15) is 19.3 Å². The van der Waals surface area contributed by atoms with Gasteiger partial charge < -0.3 is 25.7 Å². The van der Waals surface area contributed by atoms with Gasteiger partial charge in [-0.25, -0.2) is 0 Å². The Labute approximate surface area is 205 Å². The number of nitrogens with zero attached hydrogens (tertiary/aromatic N) is 1. The summed E-state index contributed by atoms with van der Waals surface area (Å²) in [6.07, 6.45) is -0.581. The summed E-state index contributed by atoms with van der Waals surface area (Å²) in [5.41, 5.74) is 0.896. The van der Waals surface area contributed by atoms with Crippen molar-refractivity contribution in [2.45, 2.75) is 31.7 Å². The molecule has 1 aliphatic rings. The summed E-state index contributed by atoms with van der Waals surface area (Å²) in [5.74, 6) is -1.24. The van der Waals surface area contributed by atoms with Gasteiger partial charge in [0.15, 0.2) is 0 Å². The maximum atomic E-state index is 13.0. The number of likely N-dealkylation sites (tertiary alicyclic amines) is 1. The molecule has 1 aliphatic heterocycles. The van der Waals surface area contributed by atoms with E-state index >= 15 is 0 Å². The Morgan fingerprint density at radius 3 is 2.57 bits per heavy atom. The third-order valence-corrected chi connectivity index (χ3v) is 5.72. The topological polar surface area (TPSA) is 94.5 Å². The lowest BCUT2D eigenvalue weighted by molar-refractivity contribution is -0.274. The van der Waals surface area contributed by atoms with Crippen molar-refractivity contribution in [2.24, 2.45) is 0 Å². The Balaban J connectivity index is 1.81. The Bertz CT molecular complexity index is 1140. The molecule has 186 valence electrons. The van der Waals surface area contributed by atoms with Crippen LogP contribution in [0, 0.1) is 5.41 Å². The predicted octanol–water partition coefficient (Wildman–Crippen LogP) is 4.98. The summed E-state index contributed by atoms with van der Waals surface area (Å²) >= 11 is 6.36. The van der Waals surface area contributed by atoms with Crippen LogP contribution in [0.5, 0.6) is 5.75 Å². The molecule has 1 fully saturated rings. The van der Waals surface area contributed by atoms with E-state index in [1.807, 2.05) is 0 Å². The summed E-state index contributed by atoms with van der Waals surface area (Å²) in [4.78, 5) is 27.3. The predicted molar refractivity (Wildman–Crippen MR) is 127 cm³/mol. The van der Waals surface area contributed by atoms with Gasteiger partial charge in [0.2, 0.25) is 5.91 Å². The molecule has 2 aromatic carbocycles. The number of piperidine rings is 1. The number of hydrogen-bond donors (Lipinski definition) is 3. The van der Waals surface area contributed by atoms with Gasteiger partial charge in [-0.3, -0.25) is 9.59 Å². The third kappa shape index (κ3) is 6.54. The van der Waals surface area contributed by atoms with Crippen LogP contribution >= 0.6 is 11.6 Å². The quantitative estimate of drug-likeness (QED) is 0.363. The lowest BCUT2D eigenvalue weighted by Crippen LogP contribution is -2.50. The van der Waals surface area contributed by atoms with Crippen molar-refractivity contribution < 1.29 is 27.5 Å². The van der Waals surface area contributed by atoms with Gasteiger partial charge in [-0.05, 0) is 37.5 Å².